The highest BCUT2D eigenvalue weighted by Crippen LogP contribution is 2.24. The van der Waals surface area contributed by atoms with Crippen LogP contribution in [-0.4, -0.2) is 72.8 Å². The topological polar surface area (TPSA) is 116 Å². The minimum atomic E-state index is -1.56. The third kappa shape index (κ3) is 8.74. The molecule has 6 atom stereocenters. The first-order valence-electron chi connectivity index (χ1n) is 10.7. The van der Waals surface area contributed by atoms with Crippen LogP contribution in [0.3, 0.4) is 0 Å². The molecule has 0 fully saturated rings. The molecule has 0 saturated heterocycles. The number of aliphatic hydroxyl groups excluding tert-OH is 3. The van der Waals surface area contributed by atoms with E-state index in [1.807, 2.05) is 60.7 Å². The van der Waals surface area contributed by atoms with E-state index in [0.29, 0.717) is 6.61 Å². The second-order valence-corrected chi connectivity index (χ2v) is 7.46. The lowest BCUT2D eigenvalue weighted by molar-refractivity contribution is -0.386. The molecule has 0 spiro atoms. The highest BCUT2D eigenvalue weighted by atomic mass is 17.2. The zero-order valence-corrected chi connectivity index (χ0v) is 19.2. The molecule has 0 amide bonds. The van der Waals surface area contributed by atoms with Crippen molar-refractivity contribution >= 4 is 0 Å². The van der Waals surface area contributed by atoms with Crippen LogP contribution < -0.4 is 0 Å². The van der Waals surface area contributed by atoms with Crippen LogP contribution >= 0.6 is 0 Å². The van der Waals surface area contributed by atoms with Crippen molar-refractivity contribution in [3.63, 3.8) is 0 Å². The average Bonchev–Trinajstić information content (AvgIpc) is 2.86. The van der Waals surface area contributed by atoms with Crippen molar-refractivity contribution in [1.82, 2.24) is 0 Å². The van der Waals surface area contributed by atoms with Gasteiger partial charge in [0, 0.05) is 0 Å². The van der Waals surface area contributed by atoms with Gasteiger partial charge in [0.2, 0.25) is 0 Å². The highest BCUT2D eigenvalue weighted by molar-refractivity contribution is 5.14. The molecular formula is C24H34O9. The lowest BCUT2D eigenvalue weighted by atomic mass is 9.96. The minimum absolute atomic E-state index is 0.145. The van der Waals surface area contributed by atoms with E-state index < -0.39 is 43.2 Å². The molecule has 2 rings (SSSR count). The van der Waals surface area contributed by atoms with Gasteiger partial charge in [0.05, 0.1) is 40.1 Å². The summed E-state index contributed by atoms with van der Waals surface area (Å²) in [7, 11) is 2.61. The van der Waals surface area contributed by atoms with Gasteiger partial charge in [0.15, 0.2) is 6.10 Å². The average molecular weight is 467 g/mol. The Bertz CT molecular complexity index is 746. The second-order valence-electron chi connectivity index (χ2n) is 7.46. The molecular weight excluding hydrogens is 432 g/mol. The highest BCUT2D eigenvalue weighted by Gasteiger charge is 2.43. The fraction of sp³-hybridized carbons (Fsp3) is 0.500. The Kier molecular flexibility index (Phi) is 12.5. The molecule has 33 heavy (non-hydrogen) atoms. The van der Waals surface area contributed by atoms with Crippen LogP contribution in [-0.2, 0) is 42.2 Å². The van der Waals surface area contributed by atoms with Crippen molar-refractivity contribution in [2.45, 2.75) is 56.8 Å². The first-order valence-corrected chi connectivity index (χ1v) is 10.7. The van der Waals surface area contributed by atoms with Crippen molar-refractivity contribution in [1.29, 1.82) is 0 Å². The normalized spacial score (nSPS) is 17.2. The molecule has 0 aliphatic carbocycles. The molecule has 0 aliphatic heterocycles. The standard InChI is InChI=1S/C24H34O9/c1-17(30-15-18-10-6-4-7-11-18)22(32-28-2)24(31-16-19-12-8-5-9-13-19)23(33-29-3)21(27)20(26)14-25/h4-13,17,20-27H,14-16H2,1-3H3/t17?,20-,21-,22+,23-,24+/m0/s1. The fourth-order valence-corrected chi connectivity index (χ4v) is 3.30. The molecule has 9 heteroatoms. The van der Waals surface area contributed by atoms with Gasteiger partial charge >= 0.3 is 0 Å². The van der Waals surface area contributed by atoms with E-state index >= 15 is 0 Å². The minimum Gasteiger partial charge on any atom is -0.394 e. The van der Waals surface area contributed by atoms with Gasteiger partial charge in [-0.3, -0.25) is 0 Å². The van der Waals surface area contributed by atoms with Crippen LogP contribution in [0.2, 0.25) is 0 Å². The number of benzene rings is 2. The maximum atomic E-state index is 10.7. The van der Waals surface area contributed by atoms with E-state index in [1.54, 1.807) is 6.92 Å². The predicted molar refractivity (Wildman–Crippen MR) is 119 cm³/mol. The molecule has 9 nitrogen and oxygen atoms in total. The summed E-state index contributed by atoms with van der Waals surface area (Å²) in [4.78, 5) is 20.5. The SMILES string of the molecule is COO[C@@H]([C@@H](O)[C@@H](O)CO)[C@H](OCc1ccccc1)[C@H](OOC)C(C)OCc1ccccc1. The lowest BCUT2D eigenvalue weighted by Crippen LogP contribution is -2.55. The summed E-state index contributed by atoms with van der Waals surface area (Å²) >= 11 is 0. The van der Waals surface area contributed by atoms with Gasteiger partial charge in [-0.25, -0.2) is 19.6 Å². The Hall–Kier alpha value is -1.92. The third-order valence-electron chi connectivity index (χ3n) is 5.08. The Labute approximate surface area is 194 Å². The lowest BCUT2D eigenvalue weighted by Gasteiger charge is -2.37. The van der Waals surface area contributed by atoms with Crippen LogP contribution in [0.4, 0.5) is 0 Å². The summed E-state index contributed by atoms with van der Waals surface area (Å²) in [6, 6.07) is 19.0. The molecule has 184 valence electrons. The van der Waals surface area contributed by atoms with Crippen LogP contribution in [0, 0.1) is 0 Å². The van der Waals surface area contributed by atoms with Crippen molar-refractivity contribution < 1.29 is 44.3 Å². The van der Waals surface area contributed by atoms with E-state index in [2.05, 4.69) is 0 Å². The summed E-state index contributed by atoms with van der Waals surface area (Å²) in [5.41, 5.74) is 1.83. The van der Waals surface area contributed by atoms with Crippen molar-refractivity contribution in [3.8, 4) is 0 Å². The van der Waals surface area contributed by atoms with E-state index in [-0.39, 0.29) is 6.61 Å². The number of aliphatic hydroxyl groups is 3. The monoisotopic (exact) mass is 466 g/mol. The van der Waals surface area contributed by atoms with Crippen LogP contribution in [0.25, 0.3) is 0 Å². The number of ether oxygens (including phenoxy) is 2. The van der Waals surface area contributed by atoms with Gasteiger partial charge in [-0.2, -0.15) is 0 Å². The molecule has 0 radical (unpaired) electrons. The van der Waals surface area contributed by atoms with Gasteiger partial charge in [-0.1, -0.05) is 60.7 Å². The van der Waals surface area contributed by atoms with E-state index in [9.17, 15) is 15.3 Å². The largest absolute Gasteiger partial charge is 0.394 e. The van der Waals surface area contributed by atoms with E-state index in [0.717, 1.165) is 11.1 Å². The van der Waals surface area contributed by atoms with Crippen LogP contribution in [0.5, 0.6) is 0 Å². The Morgan fingerprint density at radius 2 is 1.18 bits per heavy atom. The first kappa shape index (κ1) is 27.3. The van der Waals surface area contributed by atoms with Crippen molar-refractivity contribution in [3.05, 3.63) is 71.8 Å². The third-order valence-corrected chi connectivity index (χ3v) is 5.08. The van der Waals surface area contributed by atoms with Crippen molar-refractivity contribution in [2.75, 3.05) is 20.8 Å². The molecule has 1 unspecified atom stereocenters. The van der Waals surface area contributed by atoms with Gasteiger partial charge in [0.1, 0.15) is 24.4 Å². The van der Waals surface area contributed by atoms with Gasteiger partial charge in [0.25, 0.3) is 0 Å². The Morgan fingerprint density at radius 3 is 1.67 bits per heavy atom. The molecule has 0 heterocycles. The van der Waals surface area contributed by atoms with Gasteiger partial charge < -0.3 is 24.8 Å². The predicted octanol–water partition coefficient (Wildman–Crippen LogP) is 1.78. The zero-order valence-electron chi connectivity index (χ0n) is 19.2. The number of rotatable bonds is 16. The molecule has 2 aromatic rings. The Balaban J connectivity index is 2.27. The van der Waals surface area contributed by atoms with Gasteiger partial charge in [-0.15, -0.1) is 0 Å². The summed E-state index contributed by atoms with van der Waals surface area (Å²) < 4.78 is 12.1. The maximum absolute atomic E-state index is 10.7. The molecule has 0 saturated carbocycles. The molecule has 2 aromatic carbocycles. The molecule has 0 bridgehead atoms. The zero-order chi connectivity index (χ0) is 24.1. The fourth-order valence-electron chi connectivity index (χ4n) is 3.30. The van der Waals surface area contributed by atoms with Gasteiger partial charge in [-0.05, 0) is 18.1 Å². The number of hydrogen-bond donors (Lipinski definition) is 3. The van der Waals surface area contributed by atoms with Crippen molar-refractivity contribution in [2.24, 2.45) is 0 Å². The second kappa shape index (κ2) is 15.1. The molecule has 3 N–H and O–H groups in total. The van der Waals surface area contributed by atoms with Crippen LogP contribution in [0.15, 0.2) is 60.7 Å². The van der Waals surface area contributed by atoms with E-state index in [1.165, 1.54) is 14.2 Å². The first-order chi connectivity index (χ1) is 16.0. The molecule has 0 aliphatic rings. The number of hydrogen-bond acceptors (Lipinski definition) is 9. The van der Waals surface area contributed by atoms with Crippen LogP contribution in [0.1, 0.15) is 18.1 Å². The summed E-state index contributed by atoms with van der Waals surface area (Å²) in [5.74, 6) is 0. The summed E-state index contributed by atoms with van der Waals surface area (Å²) in [6.07, 6.45) is -6.82. The quantitative estimate of drug-likeness (QED) is 0.251. The summed E-state index contributed by atoms with van der Waals surface area (Å²) in [6.45, 7) is 1.52. The molecule has 0 aromatic heterocycles. The maximum Gasteiger partial charge on any atom is 0.150 e. The summed E-state index contributed by atoms with van der Waals surface area (Å²) in [5, 5.41) is 30.1. The Morgan fingerprint density at radius 1 is 0.697 bits per heavy atom. The smallest absolute Gasteiger partial charge is 0.150 e. The van der Waals surface area contributed by atoms with E-state index in [4.69, 9.17) is 29.0 Å².